The second-order valence-electron chi connectivity index (χ2n) is 6.53. The molecule has 0 atom stereocenters. The number of nitrogens with zero attached hydrogens (tertiary/aromatic N) is 2. The van der Waals surface area contributed by atoms with Crippen molar-refractivity contribution >= 4 is 29.4 Å². The van der Waals surface area contributed by atoms with Crippen LogP contribution in [0.4, 0.5) is 0 Å². The summed E-state index contributed by atoms with van der Waals surface area (Å²) in [5, 5.41) is 14.5. The first-order chi connectivity index (χ1) is 15.1. The van der Waals surface area contributed by atoms with E-state index in [0.29, 0.717) is 46.9 Å². The Morgan fingerprint density at radius 2 is 1.77 bits per heavy atom. The lowest BCUT2D eigenvalue weighted by Crippen LogP contribution is -2.07. The van der Waals surface area contributed by atoms with E-state index in [2.05, 4.69) is 16.6 Å². The molecule has 158 valence electrons. The maximum Gasteiger partial charge on any atom is 0.161 e. The molecule has 0 bridgehead atoms. The van der Waals surface area contributed by atoms with E-state index < -0.39 is 0 Å². The molecule has 3 rings (SSSR count). The monoisotopic (exact) mass is 453 g/mol. The summed E-state index contributed by atoms with van der Waals surface area (Å²) < 4.78 is 11.6. The Kier molecular flexibility index (Phi) is 8.17. The number of hydrogen-bond donors (Lipinski definition) is 1. The molecule has 1 N–H and O–H groups in total. The van der Waals surface area contributed by atoms with Crippen LogP contribution in [0.5, 0.6) is 11.5 Å². The normalized spacial score (nSPS) is 10.6. The minimum atomic E-state index is 0.336. The van der Waals surface area contributed by atoms with E-state index in [0.717, 1.165) is 16.7 Å². The van der Waals surface area contributed by atoms with E-state index in [1.165, 1.54) is 0 Å². The van der Waals surface area contributed by atoms with Crippen LogP contribution in [-0.2, 0) is 13.2 Å². The van der Waals surface area contributed by atoms with Gasteiger partial charge in [-0.25, -0.2) is 0 Å². The van der Waals surface area contributed by atoms with Gasteiger partial charge in [0, 0.05) is 15.6 Å². The largest absolute Gasteiger partial charge is 0.490 e. The Hall–Kier alpha value is -3.20. The lowest BCUT2D eigenvalue weighted by molar-refractivity contribution is 0.269. The van der Waals surface area contributed by atoms with Crippen LogP contribution in [0.2, 0.25) is 10.0 Å². The molecular weight excluding hydrogens is 433 g/mol. The molecule has 5 nitrogen and oxygen atoms in total. The lowest BCUT2D eigenvalue weighted by atomic mass is 10.1. The molecule has 3 aromatic carbocycles. The summed E-state index contributed by atoms with van der Waals surface area (Å²) in [4.78, 5) is 0. The van der Waals surface area contributed by atoms with Gasteiger partial charge in [-0.2, -0.15) is 10.4 Å². The molecule has 0 radical (unpaired) electrons. The summed E-state index contributed by atoms with van der Waals surface area (Å²) in [5.41, 5.74) is 6.11. The molecule has 0 spiro atoms. The molecule has 0 saturated heterocycles. The Labute approximate surface area is 191 Å². The van der Waals surface area contributed by atoms with E-state index in [9.17, 15) is 0 Å². The van der Waals surface area contributed by atoms with Gasteiger partial charge < -0.3 is 14.9 Å². The van der Waals surface area contributed by atoms with Crippen molar-refractivity contribution in [2.24, 2.45) is 5.10 Å². The number of benzene rings is 3. The average Bonchev–Trinajstić information content (AvgIpc) is 2.78. The molecule has 3 aromatic rings. The molecule has 7 heteroatoms. The van der Waals surface area contributed by atoms with Gasteiger partial charge in [0.15, 0.2) is 11.5 Å². The number of hydrazone groups is 1. The van der Waals surface area contributed by atoms with Gasteiger partial charge >= 0.3 is 0 Å². The minimum absolute atomic E-state index is 0.336. The molecule has 0 fully saturated rings. The van der Waals surface area contributed by atoms with Gasteiger partial charge in [0.25, 0.3) is 0 Å². The van der Waals surface area contributed by atoms with Crippen LogP contribution in [-0.4, -0.2) is 12.8 Å². The van der Waals surface area contributed by atoms with Crippen molar-refractivity contribution in [3.8, 4) is 17.6 Å². The van der Waals surface area contributed by atoms with Crippen LogP contribution in [0.25, 0.3) is 0 Å². The Bertz CT molecular complexity index is 1090. The standard InChI is InChI=1S/C24H21Cl2N3O2/c1-2-30-24-12-18(14-28-29-15-20-21(25)7-4-8-22(20)26)9-10-23(24)31-16-19-6-3-5-17(11-19)13-27/h3-12,14,29H,2,15-16H2,1H3/b28-14+. The first-order valence-electron chi connectivity index (χ1n) is 9.68. The third-order valence-corrected chi connectivity index (χ3v) is 5.05. The number of hydrogen-bond acceptors (Lipinski definition) is 5. The van der Waals surface area contributed by atoms with E-state index in [1.54, 1.807) is 36.5 Å². The second-order valence-corrected chi connectivity index (χ2v) is 7.35. The molecule has 0 amide bonds. The van der Waals surface area contributed by atoms with Crippen LogP contribution >= 0.6 is 23.2 Å². The number of nitriles is 1. The molecule has 31 heavy (non-hydrogen) atoms. The third-order valence-electron chi connectivity index (χ3n) is 4.34. The predicted molar refractivity (Wildman–Crippen MR) is 124 cm³/mol. The fourth-order valence-electron chi connectivity index (χ4n) is 2.83. The highest BCUT2D eigenvalue weighted by Gasteiger charge is 2.07. The van der Waals surface area contributed by atoms with E-state index in [1.807, 2.05) is 37.3 Å². The van der Waals surface area contributed by atoms with Crippen LogP contribution in [0, 0.1) is 11.3 Å². The van der Waals surface area contributed by atoms with Crippen LogP contribution < -0.4 is 14.9 Å². The zero-order valence-electron chi connectivity index (χ0n) is 16.9. The Morgan fingerprint density at radius 1 is 1.00 bits per heavy atom. The summed E-state index contributed by atoms with van der Waals surface area (Å²) in [6.45, 7) is 3.17. The van der Waals surface area contributed by atoms with Gasteiger partial charge in [0.1, 0.15) is 6.61 Å². The molecule has 0 aromatic heterocycles. The maximum atomic E-state index is 9.03. The van der Waals surface area contributed by atoms with Crippen molar-refractivity contribution < 1.29 is 9.47 Å². The van der Waals surface area contributed by atoms with Crippen molar-refractivity contribution in [2.75, 3.05) is 6.61 Å². The summed E-state index contributed by atoms with van der Waals surface area (Å²) in [6, 6.07) is 20.4. The number of halogens is 2. The quantitative estimate of drug-likeness (QED) is 0.320. The zero-order valence-corrected chi connectivity index (χ0v) is 18.5. The Balaban J connectivity index is 1.65. The molecular formula is C24H21Cl2N3O2. The van der Waals surface area contributed by atoms with Gasteiger partial charge in [-0.1, -0.05) is 41.4 Å². The Morgan fingerprint density at radius 3 is 2.52 bits per heavy atom. The molecule has 0 saturated carbocycles. The van der Waals surface area contributed by atoms with Gasteiger partial charge in [-0.3, -0.25) is 0 Å². The zero-order chi connectivity index (χ0) is 22.1. The van der Waals surface area contributed by atoms with Crippen LogP contribution in [0.15, 0.2) is 65.8 Å². The van der Waals surface area contributed by atoms with Crippen molar-refractivity contribution in [3.05, 3.63) is 93.0 Å². The average molecular weight is 454 g/mol. The van der Waals surface area contributed by atoms with Gasteiger partial charge in [-0.15, -0.1) is 0 Å². The second kappa shape index (κ2) is 11.3. The van der Waals surface area contributed by atoms with E-state index >= 15 is 0 Å². The first kappa shape index (κ1) is 22.5. The van der Waals surface area contributed by atoms with Crippen LogP contribution in [0.1, 0.15) is 29.2 Å². The molecule has 0 unspecified atom stereocenters. The maximum absolute atomic E-state index is 9.03. The topological polar surface area (TPSA) is 66.6 Å². The molecule has 0 heterocycles. The van der Waals surface area contributed by atoms with Crippen molar-refractivity contribution in [1.82, 2.24) is 5.43 Å². The van der Waals surface area contributed by atoms with Crippen molar-refractivity contribution in [2.45, 2.75) is 20.1 Å². The highest BCUT2D eigenvalue weighted by molar-refractivity contribution is 6.35. The summed E-state index contributed by atoms with van der Waals surface area (Å²) in [5.74, 6) is 1.24. The van der Waals surface area contributed by atoms with Gasteiger partial charge in [0.05, 0.1) is 31.0 Å². The van der Waals surface area contributed by atoms with E-state index in [-0.39, 0.29) is 0 Å². The van der Waals surface area contributed by atoms with Crippen LogP contribution in [0.3, 0.4) is 0 Å². The molecule has 0 aliphatic carbocycles. The smallest absolute Gasteiger partial charge is 0.161 e. The number of nitrogens with one attached hydrogen (secondary N) is 1. The highest BCUT2D eigenvalue weighted by Crippen LogP contribution is 2.29. The fraction of sp³-hybridized carbons (Fsp3) is 0.167. The van der Waals surface area contributed by atoms with Crippen molar-refractivity contribution in [3.63, 3.8) is 0 Å². The molecule has 0 aliphatic rings. The molecule has 0 aliphatic heterocycles. The van der Waals surface area contributed by atoms with Gasteiger partial charge in [-0.05, 0) is 60.5 Å². The number of ether oxygens (including phenoxy) is 2. The minimum Gasteiger partial charge on any atom is -0.490 e. The lowest BCUT2D eigenvalue weighted by Gasteiger charge is -2.13. The summed E-state index contributed by atoms with van der Waals surface area (Å²) in [6.07, 6.45) is 1.69. The third kappa shape index (κ3) is 6.39. The van der Waals surface area contributed by atoms with E-state index in [4.69, 9.17) is 37.9 Å². The fourth-order valence-corrected chi connectivity index (χ4v) is 3.36. The highest BCUT2D eigenvalue weighted by atomic mass is 35.5. The summed E-state index contributed by atoms with van der Waals surface area (Å²) in [7, 11) is 0. The number of rotatable bonds is 9. The van der Waals surface area contributed by atoms with Crippen molar-refractivity contribution in [1.29, 1.82) is 5.26 Å². The SMILES string of the molecule is CCOc1cc(/C=N/NCc2c(Cl)cccc2Cl)ccc1OCc1cccc(C#N)c1. The summed E-state index contributed by atoms with van der Waals surface area (Å²) >= 11 is 12.3. The first-order valence-corrected chi connectivity index (χ1v) is 10.4. The predicted octanol–water partition coefficient (Wildman–Crippen LogP) is 5.97. The van der Waals surface area contributed by atoms with Gasteiger partial charge in [0.2, 0.25) is 0 Å².